The van der Waals surface area contributed by atoms with Gasteiger partial charge in [-0.2, -0.15) is 0 Å². The van der Waals surface area contributed by atoms with Crippen molar-refractivity contribution in [2.24, 2.45) is 0 Å². The molecule has 5 nitrogen and oxygen atoms in total. The fourth-order valence-corrected chi connectivity index (χ4v) is 2.94. The molecular weight excluding hydrogens is 290 g/mol. The fourth-order valence-electron chi connectivity index (χ4n) is 2.94. The monoisotopic (exact) mass is 317 g/mol. The van der Waals surface area contributed by atoms with E-state index in [4.69, 9.17) is 0 Å². The Morgan fingerprint density at radius 1 is 1.13 bits per heavy atom. The highest BCUT2D eigenvalue weighted by atomic mass is 16.2. The van der Waals surface area contributed by atoms with Crippen LogP contribution in [-0.4, -0.2) is 36.0 Å². The van der Waals surface area contributed by atoms with Crippen LogP contribution in [0.3, 0.4) is 0 Å². The lowest BCUT2D eigenvalue weighted by Crippen LogP contribution is -2.45. The van der Waals surface area contributed by atoms with Crippen LogP contribution in [0.15, 0.2) is 30.3 Å². The second kappa shape index (κ2) is 9.18. The maximum Gasteiger partial charge on any atom is 0.315 e. The van der Waals surface area contributed by atoms with Crippen molar-refractivity contribution >= 4 is 11.9 Å². The van der Waals surface area contributed by atoms with E-state index < -0.39 is 0 Å². The molecule has 1 saturated carbocycles. The van der Waals surface area contributed by atoms with Crippen molar-refractivity contribution in [1.82, 2.24) is 15.5 Å². The standard InChI is InChI=1S/C18H27N3O2/c1-15(22)21(14-16-8-4-2-5-9-16)13-12-19-18(23)20-17-10-6-3-7-11-17/h2,4-5,8-9,17H,3,6-7,10-14H2,1H3,(H2,19,20,23). The first-order chi connectivity index (χ1) is 11.1. The van der Waals surface area contributed by atoms with Gasteiger partial charge in [0.25, 0.3) is 0 Å². The van der Waals surface area contributed by atoms with Gasteiger partial charge in [-0.25, -0.2) is 4.79 Å². The predicted molar refractivity (Wildman–Crippen MR) is 90.9 cm³/mol. The van der Waals surface area contributed by atoms with Crippen molar-refractivity contribution in [2.75, 3.05) is 13.1 Å². The Hall–Kier alpha value is -2.04. The second-order valence-corrected chi connectivity index (χ2v) is 6.16. The third kappa shape index (κ3) is 6.30. The Bertz CT molecular complexity index is 498. The number of carbonyl (C=O) groups excluding carboxylic acids is 2. The van der Waals surface area contributed by atoms with Crippen LogP contribution in [0.25, 0.3) is 0 Å². The van der Waals surface area contributed by atoms with Crippen LogP contribution in [0.4, 0.5) is 4.79 Å². The van der Waals surface area contributed by atoms with Gasteiger partial charge in [0.2, 0.25) is 5.91 Å². The van der Waals surface area contributed by atoms with Crippen molar-refractivity contribution in [2.45, 2.75) is 51.6 Å². The molecule has 0 radical (unpaired) electrons. The summed E-state index contributed by atoms with van der Waals surface area (Å²) in [6.07, 6.45) is 5.80. The van der Waals surface area contributed by atoms with Crippen LogP contribution in [0.5, 0.6) is 0 Å². The van der Waals surface area contributed by atoms with Gasteiger partial charge in [0.1, 0.15) is 0 Å². The van der Waals surface area contributed by atoms with Gasteiger partial charge in [0.05, 0.1) is 0 Å². The minimum Gasteiger partial charge on any atom is -0.337 e. The number of rotatable bonds is 6. The molecule has 2 N–H and O–H groups in total. The number of amides is 3. The van der Waals surface area contributed by atoms with E-state index in [0.29, 0.717) is 25.7 Å². The number of urea groups is 1. The Morgan fingerprint density at radius 2 is 1.83 bits per heavy atom. The molecule has 0 spiro atoms. The van der Waals surface area contributed by atoms with Crippen LogP contribution in [-0.2, 0) is 11.3 Å². The Morgan fingerprint density at radius 3 is 2.48 bits per heavy atom. The number of nitrogens with one attached hydrogen (secondary N) is 2. The largest absolute Gasteiger partial charge is 0.337 e. The molecular formula is C18H27N3O2. The Kier molecular flexibility index (Phi) is 6.91. The quantitative estimate of drug-likeness (QED) is 0.847. The first-order valence-electron chi connectivity index (χ1n) is 8.49. The average molecular weight is 317 g/mol. The SMILES string of the molecule is CC(=O)N(CCNC(=O)NC1CCCCC1)Cc1ccccc1. The summed E-state index contributed by atoms with van der Waals surface area (Å²) in [6.45, 7) is 3.11. The van der Waals surface area contributed by atoms with Crippen molar-refractivity contribution in [1.29, 1.82) is 0 Å². The van der Waals surface area contributed by atoms with Crippen LogP contribution in [0, 0.1) is 0 Å². The summed E-state index contributed by atoms with van der Waals surface area (Å²) in [6, 6.07) is 10.1. The molecule has 126 valence electrons. The lowest BCUT2D eigenvalue weighted by molar-refractivity contribution is -0.129. The molecule has 0 bridgehead atoms. The van der Waals surface area contributed by atoms with Gasteiger partial charge in [-0.1, -0.05) is 49.6 Å². The van der Waals surface area contributed by atoms with Crippen molar-refractivity contribution in [3.8, 4) is 0 Å². The molecule has 1 aromatic carbocycles. The zero-order valence-electron chi connectivity index (χ0n) is 13.9. The molecule has 23 heavy (non-hydrogen) atoms. The average Bonchev–Trinajstić information content (AvgIpc) is 2.55. The number of nitrogens with zero attached hydrogens (tertiary/aromatic N) is 1. The number of benzene rings is 1. The molecule has 1 aliphatic rings. The van der Waals surface area contributed by atoms with Gasteiger partial charge in [-0.15, -0.1) is 0 Å². The second-order valence-electron chi connectivity index (χ2n) is 6.16. The fraction of sp³-hybridized carbons (Fsp3) is 0.556. The zero-order chi connectivity index (χ0) is 16.5. The van der Waals surface area contributed by atoms with E-state index in [9.17, 15) is 9.59 Å². The molecule has 3 amide bonds. The van der Waals surface area contributed by atoms with E-state index in [2.05, 4.69) is 10.6 Å². The molecule has 0 aliphatic heterocycles. The minimum atomic E-state index is -0.125. The first kappa shape index (κ1) is 17.3. The van der Waals surface area contributed by atoms with E-state index in [1.807, 2.05) is 30.3 Å². The predicted octanol–water partition coefficient (Wildman–Crippen LogP) is 2.67. The summed E-state index contributed by atoms with van der Waals surface area (Å²) < 4.78 is 0. The van der Waals surface area contributed by atoms with Crippen LogP contribution >= 0.6 is 0 Å². The highest BCUT2D eigenvalue weighted by Gasteiger charge is 2.15. The maximum atomic E-state index is 11.9. The minimum absolute atomic E-state index is 0.0170. The molecule has 0 saturated heterocycles. The summed E-state index contributed by atoms with van der Waals surface area (Å²) in [5.74, 6) is 0.0170. The molecule has 0 atom stereocenters. The Balaban J connectivity index is 1.71. The van der Waals surface area contributed by atoms with E-state index >= 15 is 0 Å². The van der Waals surface area contributed by atoms with Gasteiger partial charge in [-0.05, 0) is 18.4 Å². The zero-order valence-corrected chi connectivity index (χ0v) is 13.9. The lowest BCUT2D eigenvalue weighted by Gasteiger charge is -2.24. The Labute approximate surface area is 138 Å². The van der Waals surface area contributed by atoms with Crippen LogP contribution < -0.4 is 10.6 Å². The van der Waals surface area contributed by atoms with Crippen molar-refractivity contribution < 1.29 is 9.59 Å². The highest BCUT2D eigenvalue weighted by Crippen LogP contribution is 2.17. The third-order valence-corrected chi connectivity index (χ3v) is 4.27. The van der Waals surface area contributed by atoms with E-state index in [-0.39, 0.29) is 11.9 Å². The van der Waals surface area contributed by atoms with E-state index in [1.165, 1.54) is 19.3 Å². The first-order valence-corrected chi connectivity index (χ1v) is 8.49. The summed E-state index contributed by atoms with van der Waals surface area (Å²) >= 11 is 0. The molecule has 1 fully saturated rings. The van der Waals surface area contributed by atoms with Gasteiger partial charge >= 0.3 is 6.03 Å². The van der Waals surface area contributed by atoms with Gasteiger partial charge < -0.3 is 15.5 Å². The molecule has 5 heteroatoms. The summed E-state index contributed by atoms with van der Waals surface area (Å²) in [7, 11) is 0. The van der Waals surface area contributed by atoms with Gasteiger partial charge in [-0.3, -0.25) is 4.79 Å². The van der Waals surface area contributed by atoms with Crippen molar-refractivity contribution in [3.63, 3.8) is 0 Å². The summed E-state index contributed by atoms with van der Waals surface area (Å²) in [5, 5.41) is 5.88. The normalized spacial score (nSPS) is 15.0. The van der Waals surface area contributed by atoms with Crippen molar-refractivity contribution in [3.05, 3.63) is 35.9 Å². The lowest BCUT2D eigenvalue weighted by atomic mass is 9.96. The number of hydrogen-bond donors (Lipinski definition) is 2. The molecule has 0 aromatic heterocycles. The molecule has 1 aromatic rings. The topological polar surface area (TPSA) is 61.4 Å². The van der Waals surface area contributed by atoms with Gasteiger partial charge in [0, 0.05) is 32.6 Å². The number of carbonyl (C=O) groups is 2. The highest BCUT2D eigenvalue weighted by molar-refractivity contribution is 5.75. The smallest absolute Gasteiger partial charge is 0.315 e. The van der Waals surface area contributed by atoms with Crippen LogP contribution in [0.1, 0.15) is 44.6 Å². The van der Waals surface area contributed by atoms with Gasteiger partial charge in [0.15, 0.2) is 0 Å². The van der Waals surface area contributed by atoms with E-state index in [1.54, 1.807) is 11.8 Å². The molecule has 0 heterocycles. The molecule has 2 rings (SSSR count). The third-order valence-electron chi connectivity index (χ3n) is 4.27. The summed E-state index contributed by atoms with van der Waals surface area (Å²) in [5.41, 5.74) is 1.09. The number of hydrogen-bond acceptors (Lipinski definition) is 2. The molecule has 1 aliphatic carbocycles. The molecule has 0 unspecified atom stereocenters. The van der Waals surface area contributed by atoms with Crippen LogP contribution in [0.2, 0.25) is 0 Å². The van der Waals surface area contributed by atoms with E-state index in [0.717, 1.165) is 18.4 Å². The summed E-state index contributed by atoms with van der Waals surface area (Å²) in [4.78, 5) is 25.4. The maximum absolute atomic E-state index is 11.9.